The lowest BCUT2D eigenvalue weighted by Gasteiger charge is -2.16. The van der Waals surface area contributed by atoms with Gasteiger partial charge >= 0.3 is 6.18 Å². The van der Waals surface area contributed by atoms with Crippen LogP contribution in [0.15, 0.2) is 24.3 Å². The van der Waals surface area contributed by atoms with Crippen LogP contribution in [-0.2, 0) is 12.7 Å². The summed E-state index contributed by atoms with van der Waals surface area (Å²) in [4.78, 5) is 7.85. The van der Waals surface area contributed by atoms with Crippen LogP contribution >= 0.6 is 11.6 Å². The maximum atomic E-state index is 13.0. The Morgan fingerprint density at radius 1 is 1.17 bits per heavy atom. The lowest BCUT2D eigenvalue weighted by atomic mass is 10.1. The van der Waals surface area contributed by atoms with Crippen LogP contribution in [0.4, 0.5) is 30.5 Å². The average molecular weight is 347 g/mol. The van der Waals surface area contributed by atoms with Crippen LogP contribution in [0.1, 0.15) is 11.1 Å². The van der Waals surface area contributed by atoms with Gasteiger partial charge in [-0.3, -0.25) is 5.84 Å². The molecule has 0 amide bonds. The molecule has 0 aliphatic carbocycles. The van der Waals surface area contributed by atoms with E-state index in [1.807, 2.05) is 0 Å². The van der Waals surface area contributed by atoms with E-state index in [0.29, 0.717) is 11.5 Å². The van der Waals surface area contributed by atoms with Crippen LogP contribution in [0.5, 0.6) is 0 Å². The van der Waals surface area contributed by atoms with Gasteiger partial charge in [-0.05, 0) is 23.2 Å². The van der Waals surface area contributed by atoms with Gasteiger partial charge in [0.15, 0.2) is 11.6 Å². The SMILES string of the molecule is CNc1nc(Cl)nc(NCc2ccccc2C(F)(F)F)c1NN. The fourth-order valence-corrected chi connectivity index (χ4v) is 2.18. The van der Waals surface area contributed by atoms with Crippen LogP contribution in [0.2, 0.25) is 5.28 Å². The van der Waals surface area contributed by atoms with Crippen molar-refractivity contribution in [2.45, 2.75) is 12.7 Å². The Morgan fingerprint density at radius 3 is 2.43 bits per heavy atom. The Balaban J connectivity index is 2.31. The molecule has 0 unspecified atom stereocenters. The highest BCUT2D eigenvalue weighted by molar-refractivity contribution is 6.28. The number of benzene rings is 1. The third kappa shape index (κ3) is 3.93. The van der Waals surface area contributed by atoms with Crippen molar-refractivity contribution >= 4 is 28.9 Å². The quantitative estimate of drug-likeness (QED) is 0.378. The summed E-state index contributed by atoms with van der Waals surface area (Å²) in [5.74, 6) is 5.92. The Bertz CT molecular complexity index is 692. The van der Waals surface area contributed by atoms with Gasteiger partial charge in [-0.15, -0.1) is 0 Å². The third-order valence-electron chi connectivity index (χ3n) is 3.03. The van der Waals surface area contributed by atoms with Crippen molar-refractivity contribution in [2.24, 2.45) is 5.84 Å². The van der Waals surface area contributed by atoms with Gasteiger partial charge in [-0.25, -0.2) is 0 Å². The highest BCUT2D eigenvalue weighted by atomic mass is 35.5. The molecular formula is C13H14ClF3N6. The van der Waals surface area contributed by atoms with Crippen molar-refractivity contribution in [3.05, 3.63) is 40.7 Å². The number of alkyl halides is 3. The van der Waals surface area contributed by atoms with E-state index >= 15 is 0 Å². The molecule has 0 spiro atoms. The number of hydrogen-bond donors (Lipinski definition) is 4. The van der Waals surface area contributed by atoms with E-state index in [4.69, 9.17) is 17.4 Å². The maximum Gasteiger partial charge on any atom is 0.416 e. The highest BCUT2D eigenvalue weighted by Crippen LogP contribution is 2.33. The van der Waals surface area contributed by atoms with E-state index < -0.39 is 11.7 Å². The molecule has 6 nitrogen and oxygen atoms in total. The zero-order valence-corrected chi connectivity index (χ0v) is 12.8. The van der Waals surface area contributed by atoms with Crippen LogP contribution < -0.4 is 21.9 Å². The number of aromatic nitrogens is 2. The average Bonchev–Trinajstić information content (AvgIpc) is 2.51. The minimum Gasteiger partial charge on any atom is -0.371 e. The summed E-state index contributed by atoms with van der Waals surface area (Å²) < 4.78 is 39.0. The topological polar surface area (TPSA) is 87.9 Å². The first-order valence-corrected chi connectivity index (χ1v) is 6.85. The van der Waals surface area contributed by atoms with Crippen LogP contribution in [-0.4, -0.2) is 17.0 Å². The van der Waals surface area contributed by atoms with Crippen molar-refractivity contribution in [3.63, 3.8) is 0 Å². The summed E-state index contributed by atoms with van der Waals surface area (Å²) in [5, 5.41) is 5.48. The summed E-state index contributed by atoms with van der Waals surface area (Å²) in [6.07, 6.45) is -4.44. The molecule has 0 aliphatic rings. The number of hydrazine groups is 1. The summed E-state index contributed by atoms with van der Waals surface area (Å²) in [6, 6.07) is 5.26. The molecule has 0 saturated carbocycles. The minimum atomic E-state index is -4.44. The zero-order valence-electron chi connectivity index (χ0n) is 12.0. The van der Waals surface area contributed by atoms with Crippen molar-refractivity contribution in [3.8, 4) is 0 Å². The fourth-order valence-electron chi connectivity index (χ4n) is 2.01. The van der Waals surface area contributed by atoms with Gasteiger partial charge in [0.25, 0.3) is 0 Å². The number of nitrogens with zero attached hydrogens (tertiary/aromatic N) is 2. The van der Waals surface area contributed by atoms with Gasteiger partial charge in [0, 0.05) is 13.6 Å². The number of nitrogens with one attached hydrogen (secondary N) is 3. The number of anilines is 3. The van der Waals surface area contributed by atoms with E-state index in [2.05, 4.69) is 26.0 Å². The number of nitrogen functional groups attached to an aromatic ring is 1. The Morgan fingerprint density at radius 2 is 1.83 bits per heavy atom. The van der Waals surface area contributed by atoms with Crippen LogP contribution in [0.3, 0.4) is 0 Å². The van der Waals surface area contributed by atoms with E-state index in [1.54, 1.807) is 7.05 Å². The highest BCUT2D eigenvalue weighted by Gasteiger charge is 2.32. The summed E-state index contributed by atoms with van der Waals surface area (Å²) in [7, 11) is 1.60. The lowest BCUT2D eigenvalue weighted by molar-refractivity contribution is -0.138. The van der Waals surface area contributed by atoms with Gasteiger partial charge in [0.2, 0.25) is 5.28 Å². The van der Waals surface area contributed by atoms with Gasteiger partial charge in [0.05, 0.1) is 5.56 Å². The van der Waals surface area contributed by atoms with Gasteiger partial charge in [-0.1, -0.05) is 18.2 Å². The number of halogens is 4. The van der Waals surface area contributed by atoms with E-state index in [0.717, 1.165) is 6.07 Å². The molecule has 2 rings (SSSR count). The van der Waals surface area contributed by atoms with Gasteiger partial charge < -0.3 is 16.1 Å². The molecule has 5 N–H and O–H groups in total. The first-order valence-electron chi connectivity index (χ1n) is 6.47. The van der Waals surface area contributed by atoms with E-state index in [9.17, 15) is 13.2 Å². The molecule has 124 valence electrons. The predicted octanol–water partition coefficient (Wildman–Crippen LogP) is 3.09. The molecule has 10 heteroatoms. The standard InChI is InChI=1S/C13H14ClF3N6/c1-19-10-9(23-18)11(22-12(14)21-10)20-6-7-4-2-3-5-8(7)13(15,16)17/h2-5,23H,6,18H2,1H3,(H2,19,20,21,22). The summed E-state index contributed by atoms with van der Waals surface area (Å²) in [6.45, 7) is -0.110. The molecule has 23 heavy (non-hydrogen) atoms. The molecule has 1 aromatic carbocycles. The van der Waals surface area contributed by atoms with Crippen molar-refractivity contribution in [1.29, 1.82) is 0 Å². The molecule has 2 aromatic rings. The van der Waals surface area contributed by atoms with E-state index in [1.165, 1.54) is 18.2 Å². The Kier molecular flexibility index (Phi) is 5.12. The molecule has 0 fully saturated rings. The van der Waals surface area contributed by atoms with Crippen molar-refractivity contribution in [1.82, 2.24) is 9.97 Å². The first-order chi connectivity index (χ1) is 10.9. The monoisotopic (exact) mass is 346 g/mol. The van der Waals surface area contributed by atoms with Gasteiger partial charge in [-0.2, -0.15) is 23.1 Å². The van der Waals surface area contributed by atoms with Gasteiger partial charge in [0.1, 0.15) is 5.69 Å². The summed E-state index contributed by atoms with van der Waals surface area (Å²) >= 11 is 5.79. The molecule has 0 aliphatic heterocycles. The normalized spacial score (nSPS) is 11.2. The second kappa shape index (κ2) is 6.88. The Labute approximate surface area is 135 Å². The predicted molar refractivity (Wildman–Crippen MR) is 83.2 cm³/mol. The smallest absolute Gasteiger partial charge is 0.371 e. The van der Waals surface area contributed by atoms with Crippen LogP contribution in [0.25, 0.3) is 0 Å². The molecule has 1 aromatic heterocycles. The van der Waals surface area contributed by atoms with Crippen LogP contribution in [0, 0.1) is 0 Å². The second-order valence-corrected chi connectivity index (χ2v) is 4.81. The zero-order chi connectivity index (χ0) is 17.0. The fraction of sp³-hybridized carbons (Fsp3) is 0.231. The number of nitrogens with two attached hydrogens (primary N) is 1. The molecule has 0 radical (unpaired) electrons. The molecular weight excluding hydrogens is 333 g/mol. The van der Waals surface area contributed by atoms with E-state index in [-0.39, 0.29) is 23.2 Å². The molecule has 0 atom stereocenters. The largest absolute Gasteiger partial charge is 0.416 e. The minimum absolute atomic E-state index is 0.0695. The lowest BCUT2D eigenvalue weighted by Crippen LogP contribution is -2.16. The Hall–Kier alpha value is -2.26. The second-order valence-electron chi connectivity index (χ2n) is 4.47. The maximum absolute atomic E-state index is 13.0. The first kappa shape index (κ1) is 17.1. The number of hydrogen-bond acceptors (Lipinski definition) is 6. The summed E-state index contributed by atoms with van der Waals surface area (Å²) in [5.41, 5.74) is 2.04. The molecule has 0 bridgehead atoms. The van der Waals surface area contributed by atoms with Crippen molar-refractivity contribution in [2.75, 3.05) is 23.1 Å². The molecule has 1 heterocycles. The molecule has 0 saturated heterocycles. The van der Waals surface area contributed by atoms with Crippen molar-refractivity contribution < 1.29 is 13.2 Å². The third-order valence-corrected chi connectivity index (χ3v) is 3.20. The number of rotatable bonds is 5.